The predicted octanol–water partition coefficient (Wildman–Crippen LogP) is 3.79. The molecule has 2 rings (SSSR count). The number of ether oxygens (including phenoxy) is 1. The highest BCUT2D eigenvalue weighted by Crippen LogP contribution is 2.21. The Labute approximate surface area is 104 Å². The Kier molecular flexibility index (Phi) is 3.33. The molecule has 0 N–H and O–H groups in total. The Hall–Kier alpha value is -0.940. The van der Waals surface area contributed by atoms with E-state index in [2.05, 4.69) is 41.8 Å². The maximum Gasteiger partial charge on any atom is 0.145 e. The summed E-state index contributed by atoms with van der Waals surface area (Å²) >= 11 is 6.51. The SMILES string of the molecule is Brc1ccc(Oc2ccc(Br)nc2)cn1. The van der Waals surface area contributed by atoms with Crippen LogP contribution in [0.3, 0.4) is 0 Å². The van der Waals surface area contributed by atoms with Crippen molar-refractivity contribution in [2.45, 2.75) is 0 Å². The minimum Gasteiger partial charge on any atom is -0.454 e. The maximum absolute atomic E-state index is 5.52. The predicted molar refractivity (Wildman–Crippen MR) is 63.9 cm³/mol. The van der Waals surface area contributed by atoms with E-state index in [-0.39, 0.29) is 0 Å². The number of rotatable bonds is 2. The maximum atomic E-state index is 5.52. The highest BCUT2D eigenvalue weighted by atomic mass is 79.9. The summed E-state index contributed by atoms with van der Waals surface area (Å²) in [6.07, 6.45) is 3.29. The number of hydrogen-bond acceptors (Lipinski definition) is 3. The molecule has 0 aliphatic heterocycles. The highest BCUT2D eigenvalue weighted by molar-refractivity contribution is 9.10. The van der Waals surface area contributed by atoms with Crippen molar-refractivity contribution in [3.63, 3.8) is 0 Å². The van der Waals surface area contributed by atoms with Gasteiger partial charge in [0.1, 0.15) is 20.7 Å². The second-order valence-corrected chi connectivity index (χ2v) is 4.36. The van der Waals surface area contributed by atoms with Gasteiger partial charge in [0.15, 0.2) is 0 Å². The van der Waals surface area contributed by atoms with Crippen LogP contribution in [0, 0.1) is 0 Å². The third kappa shape index (κ3) is 3.00. The Morgan fingerprint density at radius 3 is 1.60 bits per heavy atom. The molecular formula is C10H6Br2N2O. The largest absolute Gasteiger partial charge is 0.454 e. The first-order valence-corrected chi connectivity index (χ1v) is 5.73. The van der Waals surface area contributed by atoms with Crippen molar-refractivity contribution in [1.29, 1.82) is 0 Å². The molecule has 0 bridgehead atoms. The highest BCUT2D eigenvalue weighted by Gasteiger charge is 1.98. The molecule has 5 heteroatoms. The molecule has 0 saturated carbocycles. The first kappa shape index (κ1) is 10.6. The van der Waals surface area contributed by atoms with Crippen LogP contribution in [0.15, 0.2) is 45.9 Å². The average Bonchev–Trinajstić information content (AvgIpc) is 2.25. The lowest BCUT2D eigenvalue weighted by atomic mass is 10.4. The Morgan fingerprint density at radius 1 is 0.800 bits per heavy atom. The molecular weight excluding hydrogens is 324 g/mol. The van der Waals surface area contributed by atoms with E-state index in [0.717, 1.165) is 9.21 Å². The lowest BCUT2D eigenvalue weighted by Gasteiger charge is -2.04. The molecule has 0 saturated heterocycles. The van der Waals surface area contributed by atoms with Crippen LogP contribution >= 0.6 is 31.9 Å². The summed E-state index contributed by atoms with van der Waals surface area (Å²) < 4.78 is 7.08. The second kappa shape index (κ2) is 4.72. The normalized spacial score (nSPS) is 10.0. The standard InChI is InChI=1S/C10H6Br2N2O/c11-9-3-1-7(5-13-9)15-8-2-4-10(12)14-6-8/h1-6H. The van der Waals surface area contributed by atoms with Crippen LogP contribution in [0.1, 0.15) is 0 Å². The van der Waals surface area contributed by atoms with Crippen molar-refractivity contribution < 1.29 is 4.74 Å². The van der Waals surface area contributed by atoms with E-state index in [4.69, 9.17) is 4.74 Å². The minimum atomic E-state index is 0.683. The zero-order valence-electron chi connectivity index (χ0n) is 7.52. The third-order valence-corrected chi connectivity index (χ3v) is 2.57. The van der Waals surface area contributed by atoms with E-state index >= 15 is 0 Å². The van der Waals surface area contributed by atoms with E-state index < -0.39 is 0 Å². The van der Waals surface area contributed by atoms with E-state index in [1.165, 1.54) is 0 Å². The van der Waals surface area contributed by atoms with Crippen molar-refractivity contribution in [1.82, 2.24) is 9.97 Å². The number of pyridine rings is 2. The molecule has 2 aromatic rings. The van der Waals surface area contributed by atoms with Gasteiger partial charge in [0.05, 0.1) is 12.4 Å². The Balaban J connectivity index is 2.15. The molecule has 0 unspecified atom stereocenters. The van der Waals surface area contributed by atoms with E-state index in [0.29, 0.717) is 11.5 Å². The van der Waals surface area contributed by atoms with Crippen LogP contribution in [-0.2, 0) is 0 Å². The van der Waals surface area contributed by atoms with Gasteiger partial charge in [-0.25, -0.2) is 9.97 Å². The number of nitrogens with zero attached hydrogens (tertiary/aromatic N) is 2. The molecule has 15 heavy (non-hydrogen) atoms. The monoisotopic (exact) mass is 328 g/mol. The molecule has 76 valence electrons. The van der Waals surface area contributed by atoms with Gasteiger partial charge in [0.2, 0.25) is 0 Å². The van der Waals surface area contributed by atoms with Gasteiger partial charge in [0.25, 0.3) is 0 Å². The number of halogens is 2. The van der Waals surface area contributed by atoms with Crippen molar-refractivity contribution in [3.05, 3.63) is 45.9 Å². The van der Waals surface area contributed by atoms with E-state index in [9.17, 15) is 0 Å². The van der Waals surface area contributed by atoms with Crippen molar-refractivity contribution >= 4 is 31.9 Å². The Morgan fingerprint density at radius 2 is 1.27 bits per heavy atom. The molecule has 0 spiro atoms. The average molecular weight is 330 g/mol. The van der Waals surface area contributed by atoms with Crippen LogP contribution in [0.25, 0.3) is 0 Å². The van der Waals surface area contributed by atoms with Gasteiger partial charge >= 0.3 is 0 Å². The molecule has 0 fully saturated rings. The van der Waals surface area contributed by atoms with Gasteiger partial charge in [-0.1, -0.05) is 0 Å². The van der Waals surface area contributed by atoms with Crippen LogP contribution in [0.2, 0.25) is 0 Å². The van der Waals surface area contributed by atoms with Crippen molar-refractivity contribution in [3.8, 4) is 11.5 Å². The van der Waals surface area contributed by atoms with Crippen LogP contribution in [0.4, 0.5) is 0 Å². The molecule has 0 radical (unpaired) electrons. The summed E-state index contributed by atoms with van der Waals surface area (Å²) in [7, 11) is 0. The summed E-state index contributed by atoms with van der Waals surface area (Å²) in [5.41, 5.74) is 0. The first-order chi connectivity index (χ1) is 7.24. The lowest BCUT2D eigenvalue weighted by Crippen LogP contribution is -1.86. The van der Waals surface area contributed by atoms with Crippen LogP contribution in [0.5, 0.6) is 11.5 Å². The third-order valence-electron chi connectivity index (χ3n) is 1.64. The van der Waals surface area contributed by atoms with E-state index in [1.54, 1.807) is 12.4 Å². The van der Waals surface area contributed by atoms with Crippen molar-refractivity contribution in [2.75, 3.05) is 0 Å². The molecule has 3 nitrogen and oxygen atoms in total. The molecule has 2 aromatic heterocycles. The fourth-order valence-electron chi connectivity index (χ4n) is 0.981. The van der Waals surface area contributed by atoms with Crippen LogP contribution < -0.4 is 4.74 Å². The van der Waals surface area contributed by atoms with Crippen molar-refractivity contribution in [2.24, 2.45) is 0 Å². The summed E-state index contributed by atoms with van der Waals surface area (Å²) in [6.45, 7) is 0. The topological polar surface area (TPSA) is 35.0 Å². The zero-order chi connectivity index (χ0) is 10.7. The van der Waals surface area contributed by atoms with Gasteiger partial charge < -0.3 is 4.74 Å². The summed E-state index contributed by atoms with van der Waals surface area (Å²) in [6, 6.07) is 7.31. The second-order valence-electron chi connectivity index (χ2n) is 2.74. The fourth-order valence-corrected chi connectivity index (χ4v) is 1.45. The smallest absolute Gasteiger partial charge is 0.145 e. The minimum absolute atomic E-state index is 0.683. The summed E-state index contributed by atoms with van der Waals surface area (Å²) in [4.78, 5) is 8.11. The number of hydrogen-bond donors (Lipinski definition) is 0. The molecule has 0 atom stereocenters. The molecule has 0 aliphatic carbocycles. The van der Waals surface area contributed by atoms with E-state index in [1.807, 2.05) is 24.3 Å². The summed E-state index contributed by atoms with van der Waals surface area (Å²) in [5, 5.41) is 0. The van der Waals surface area contributed by atoms with Gasteiger partial charge in [-0.3, -0.25) is 0 Å². The molecule has 0 aliphatic rings. The molecule has 0 amide bonds. The first-order valence-electron chi connectivity index (χ1n) is 4.15. The zero-order valence-corrected chi connectivity index (χ0v) is 10.7. The van der Waals surface area contributed by atoms with Gasteiger partial charge in [-0.15, -0.1) is 0 Å². The molecule has 2 heterocycles. The Bertz CT molecular complexity index is 398. The lowest BCUT2D eigenvalue weighted by molar-refractivity contribution is 0.477. The quantitative estimate of drug-likeness (QED) is 0.786. The van der Waals surface area contributed by atoms with Crippen LogP contribution in [-0.4, -0.2) is 9.97 Å². The molecule has 0 aromatic carbocycles. The van der Waals surface area contributed by atoms with Gasteiger partial charge in [-0.05, 0) is 56.1 Å². The fraction of sp³-hybridized carbons (Fsp3) is 0. The van der Waals surface area contributed by atoms with Gasteiger partial charge in [0, 0.05) is 0 Å². The summed E-state index contributed by atoms with van der Waals surface area (Å²) in [5.74, 6) is 1.37. The van der Waals surface area contributed by atoms with Gasteiger partial charge in [-0.2, -0.15) is 0 Å². The number of aromatic nitrogens is 2.